The molecule has 30 heavy (non-hydrogen) atoms. The Morgan fingerprint density at radius 3 is 2.33 bits per heavy atom. The van der Waals surface area contributed by atoms with Crippen LogP contribution < -0.4 is 10.3 Å². The van der Waals surface area contributed by atoms with Crippen molar-refractivity contribution in [2.24, 2.45) is 5.10 Å². The van der Waals surface area contributed by atoms with Gasteiger partial charge in [0.2, 0.25) is 0 Å². The van der Waals surface area contributed by atoms with Crippen LogP contribution in [0.5, 0.6) is 0 Å². The minimum Gasteiger partial charge on any atom is -0.367 e. The molecule has 0 saturated heterocycles. The van der Waals surface area contributed by atoms with E-state index in [0.717, 1.165) is 36.5 Å². The Morgan fingerprint density at radius 2 is 1.70 bits per heavy atom. The minimum absolute atomic E-state index is 0.0966. The number of rotatable bonds is 7. The van der Waals surface area contributed by atoms with Crippen LogP contribution in [-0.2, 0) is 12.7 Å². The fraction of sp³-hybridized carbons (Fsp3) is 0.174. The third-order valence-corrected chi connectivity index (χ3v) is 4.88. The van der Waals surface area contributed by atoms with Gasteiger partial charge in [-0.25, -0.2) is 0 Å². The van der Waals surface area contributed by atoms with E-state index in [2.05, 4.69) is 34.5 Å². The molecule has 0 atom stereocenters. The van der Waals surface area contributed by atoms with Crippen molar-refractivity contribution in [1.29, 1.82) is 0 Å². The summed E-state index contributed by atoms with van der Waals surface area (Å²) in [6.45, 7) is 3.76. The van der Waals surface area contributed by atoms with Crippen molar-refractivity contribution < 1.29 is 13.2 Å². The molecule has 0 fully saturated rings. The first-order valence-electron chi connectivity index (χ1n) is 9.41. The minimum atomic E-state index is -4.44. The Bertz CT molecular complexity index is 987. The van der Waals surface area contributed by atoms with Crippen molar-refractivity contribution in [2.75, 3.05) is 16.9 Å². The Kier molecular flexibility index (Phi) is 7.00. The maximum atomic E-state index is 12.8. The molecule has 0 aliphatic heterocycles. The molecular formula is C23H21ClF3N3. The smallest absolute Gasteiger partial charge is 0.367 e. The number of alkyl halides is 3. The van der Waals surface area contributed by atoms with E-state index in [-0.39, 0.29) is 10.7 Å². The van der Waals surface area contributed by atoms with Gasteiger partial charge in [0, 0.05) is 18.8 Å². The Labute approximate surface area is 178 Å². The lowest BCUT2D eigenvalue weighted by atomic mass is 10.1. The predicted octanol–water partition coefficient (Wildman–Crippen LogP) is 6.83. The first kappa shape index (κ1) is 21.7. The zero-order chi connectivity index (χ0) is 21.6. The number of hydrogen-bond acceptors (Lipinski definition) is 3. The summed E-state index contributed by atoms with van der Waals surface area (Å²) in [5, 5.41) is 4.18. The highest BCUT2D eigenvalue weighted by Gasteiger charge is 2.30. The van der Waals surface area contributed by atoms with Gasteiger partial charge in [0.15, 0.2) is 0 Å². The number of anilines is 2. The highest BCUT2D eigenvalue weighted by Crippen LogP contribution is 2.33. The Hall–Kier alpha value is -2.99. The molecule has 0 bridgehead atoms. The summed E-state index contributed by atoms with van der Waals surface area (Å²) < 4.78 is 38.5. The maximum absolute atomic E-state index is 12.8. The average Bonchev–Trinajstić information content (AvgIpc) is 2.74. The van der Waals surface area contributed by atoms with E-state index in [1.807, 2.05) is 42.5 Å². The number of benzene rings is 3. The molecule has 0 saturated carbocycles. The normalized spacial score (nSPS) is 11.6. The predicted molar refractivity (Wildman–Crippen MR) is 117 cm³/mol. The largest absolute Gasteiger partial charge is 0.416 e. The van der Waals surface area contributed by atoms with Crippen molar-refractivity contribution >= 4 is 29.2 Å². The van der Waals surface area contributed by atoms with Gasteiger partial charge in [0.1, 0.15) is 0 Å². The molecule has 3 nitrogen and oxygen atoms in total. The second-order valence-electron chi connectivity index (χ2n) is 6.65. The summed E-state index contributed by atoms with van der Waals surface area (Å²) in [5.41, 5.74) is 5.01. The number of hydrogen-bond donors (Lipinski definition) is 1. The molecule has 0 spiro atoms. The van der Waals surface area contributed by atoms with Crippen molar-refractivity contribution in [1.82, 2.24) is 0 Å². The number of nitrogens with zero attached hydrogens (tertiary/aromatic N) is 2. The van der Waals surface area contributed by atoms with Crippen LogP contribution in [0.2, 0.25) is 5.02 Å². The van der Waals surface area contributed by atoms with Crippen LogP contribution in [0.1, 0.15) is 23.6 Å². The summed E-state index contributed by atoms with van der Waals surface area (Å²) in [7, 11) is 0. The summed E-state index contributed by atoms with van der Waals surface area (Å²) in [5.74, 6) is 0. The Balaban J connectivity index is 1.66. The van der Waals surface area contributed by atoms with Gasteiger partial charge in [-0.2, -0.15) is 18.3 Å². The van der Waals surface area contributed by atoms with Gasteiger partial charge < -0.3 is 4.90 Å². The molecule has 0 aliphatic carbocycles. The van der Waals surface area contributed by atoms with Crippen molar-refractivity contribution in [3.63, 3.8) is 0 Å². The fourth-order valence-corrected chi connectivity index (χ4v) is 3.08. The molecule has 0 aliphatic rings. The summed E-state index contributed by atoms with van der Waals surface area (Å²) in [6.07, 6.45) is -2.90. The zero-order valence-corrected chi connectivity index (χ0v) is 17.1. The van der Waals surface area contributed by atoms with Crippen LogP contribution in [0.25, 0.3) is 0 Å². The van der Waals surface area contributed by atoms with Crippen LogP contribution in [-0.4, -0.2) is 12.8 Å². The van der Waals surface area contributed by atoms with Crippen LogP contribution in [0, 0.1) is 0 Å². The van der Waals surface area contributed by atoms with Gasteiger partial charge in [0.05, 0.1) is 22.5 Å². The van der Waals surface area contributed by atoms with Crippen LogP contribution in [0.3, 0.4) is 0 Å². The molecule has 156 valence electrons. The summed E-state index contributed by atoms with van der Waals surface area (Å²) in [4.78, 5) is 2.25. The molecule has 0 radical (unpaired) electrons. The first-order valence-corrected chi connectivity index (χ1v) is 9.79. The third-order valence-electron chi connectivity index (χ3n) is 4.55. The fourth-order valence-electron chi connectivity index (χ4n) is 2.92. The molecule has 0 heterocycles. The van der Waals surface area contributed by atoms with Gasteiger partial charge in [-0.1, -0.05) is 54.1 Å². The van der Waals surface area contributed by atoms with E-state index in [4.69, 9.17) is 11.6 Å². The standard InChI is InChI=1S/C23H21ClF3N3/c1-2-30(16-18-6-4-3-5-7-18)20-11-8-17(9-12-20)15-28-29-22-14-19(23(25,26)27)10-13-21(22)24/h3-15,29H,2,16H2,1H3. The highest BCUT2D eigenvalue weighted by atomic mass is 35.5. The molecule has 3 aromatic carbocycles. The van der Waals surface area contributed by atoms with Crippen molar-refractivity contribution in [3.05, 3.63) is 94.5 Å². The van der Waals surface area contributed by atoms with Crippen LogP contribution in [0.15, 0.2) is 77.9 Å². The van der Waals surface area contributed by atoms with E-state index in [1.165, 1.54) is 17.8 Å². The monoisotopic (exact) mass is 431 g/mol. The lowest BCUT2D eigenvalue weighted by molar-refractivity contribution is -0.137. The van der Waals surface area contributed by atoms with Gasteiger partial charge in [0.25, 0.3) is 0 Å². The van der Waals surface area contributed by atoms with Crippen LogP contribution >= 0.6 is 11.6 Å². The van der Waals surface area contributed by atoms with Crippen LogP contribution in [0.4, 0.5) is 24.5 Å². The molecule has 3 rings (SSSR count). The van der Waals surface area contributed by atoms with E-state index >= 15 is 0 Å². The zero-order valence-electron chi connectivity index (χ0n) is 16.3. The van der Waals surface area contributed by atoms with Gasteiger partial charge in [-0.3, -0.25) is 5.43 Å². The van der Waals surface area contributed by atoms with E-state index in [1.54, 1.807) is 0 Å². The second-order valence-corrected chi connectivity index (χ2v) is 7.06. The molecular weight excluding hydrogens is 411 g/mol. The summed E-state index contributed by atoms with van der Waals surface area (Å²) >= 11 is 5.96. The quantitative estimate of drug-likeness (QED) is 0.328. The number of nitrogens with one attached hydrogen (secondary N) is 1. The third kappa shape index (κ3) is 5.76. The highest BCUT2D eigenvalue weighted by molar-refractivity contribution is 6.33. The SMILES string of the molecule is CCN(Cc1ccccc1)c1ccc(C=NNc2cc(C(F)(F)F)ccc2Cl)cc1. The molecule has 7 heteroatoms. The van der Waals surface area contributed by atoms with Gasteiger partial charge >= 0.3 is 6.18 Å². The average molecular weight is 432 g/mol. The topological polar surface area (TPSA) is 27.6 Å². The lowest BCUT2D eigenvalue weighted by Crippen LogP contribution is -2.21. The molecule has 0 aromatic heterocycles. The molecule has 0 unspecified atom stereocenters. The van der Waals surface area contributed by atoms with E-state index in [9.17, 15) is 13.2 Å². The molecule has 0 amide bonds. The van der Waals surface area contributed by atoms with Gasteiger partial charge in [-0.15, -0.1) is 0 Å². The van der Waals surface area contributed by atoms with Gasteiger partial charge in [-0.05, 0) is 48.4 Å². The van der Waals surface area contributed by atoms with E-state index < -0.39 is 11.7 Å². The lowest BCUT2D eigenvalue weighted by Gasteiger charge is -2.23. The number of hydrazone groups is 1. The van der Waals surface area contributed by atoms with Crippen molar-refractivity contribution in [2.45, 2.75) is 19.6 Å². The molecule has 1 N–H and O–H groups in total. The van der Waals surface area contributed by atoms with E-state index in [0.29, 0.717) is 0 Å². The first-order chi connectivity index (χ1) is 14.4. The second kappa shape index (κ2) is 9.67. The van der Waals surface area contributed by atoms with Crippen molar-refractivity contribution in [3.8, 4) is 0 Å². The maximum Gasteiger partial charge on any atom is 0.416 e. The summed E-state index contributed by atoms with van der Waals surface area (Å²) in [6, 6.07) is 21.1. The molecule has 3 aromatic rings. The number of halogens is 4. The Morgan fingerprint density at radius 1 is 1.00 bits per heavy atom.